The largest absolute Gasteiger partial charge is 0.489 e. The number of nitrogens with zero attached hydrogens (tertiary/aromatic N) is 1. The van der Waals surface area contributed by atoms with E-state index < -0.39 is 9.84 Å². The monoisotopic (exact) mass is 387 g/mol. The highest BCUT2D eigenvalue weighted by Crippen LogP contribution is 2.38. The summed E-state index contributed by atoms with van der Waals surface area (Å²) in [4.78, 5) is 14.8. The van der Waals surface area contributed by atoms with E-state index in [1.165, 1.54) is 6.07 Å². The van der Waals surface area contributed by atoms with Crippen LogP contribution >= 0.6 is 0 Å². The van der Waals surface area contributed by atoms with E-state index in [2.05, 4.69) is 0 Å². The number of rotatable bonds is 3. The minimum Gasteiger partial charge on any atom is -0.489 e. The minimum atomic E-state index is -3.60. The fourth-order valence-corrected chi connectivity index (χ4v) is 4.50. The Morgan fingerprint density at radius 2 is 1.74 bits per heavy atom. The van der Waals surface area contributed by atoms with Gasteiger partial charge < -0.3 is 9.64 Å². The zero-order valence-corrected chi connectivity index (χ0v) is 16.5. The molecule has 2 aromatic carbocycles. The van der Waals surface area contributed by atoms with Crippen LogP contribution in [0.5, 0.6) is 5.75 Å². The molecule has 2 aliphatic rings. The second-order valence-corrected chi connectivity index (χ2v) is 8.36. The molecule has 6 heteroatoms. The highest BCUT2D eigenvalue weighted by Gasteiger charge is 2.33. The summed E-state index contributed by atoms with van der Waals surface area (Å²) in [5.74, 6) is 0.670. The summed E-state index contributed by atoms with van der Waals surface area (Å²) in [6.45, 7) is 4.88. The van der Waals surface area contributed by atoms with Gasteiger partial charge in [0.2, 0.25) is 15.7 Å². The van der Waals surface area contributed by atoms with Crippen molar-refractivity contribution >= 4 is 21.4 Å². The van der Waals surface area contributed by atoms with Gasteiger partial charge in [0.15, 0.2) is 0 Å². The Hall–Kier alpha value is -2.34. The number of hydrogen-bond acceptors (Lipinski definition) is 4. The molecule has 1 saturated carbocycles. The molecule has 0 aromatic heterocycles. The molecule has 1 fully saturated rings. The molecule has 0 unspecified atom stereocenters. The summed E-state index contributed by atoms with van der Waals surface area (Å²) < 4.78 is 31.2. The number of benzene rings is 2. The van der Waals surface area contributed by atoms with Crippen molar-refractivity contribution in [2.45, 2.75) is 42.9 Å². The predicted molar refractivity (Wildman–Crippen MR) is 105 cm³/mol. The number of hydrogen-bond donors (Lipinski definition) is 0. The van der Waals surface area contributed by atoms with E-state index >= 15 is 0 Å². The number of carbonyl (C=O) groups is 1. The van der Waals surface area contributed by atoms with E-state index in [9.17, 15) is 13.2 Å². The van der Waals surface area contributed by atoms with Crippen molar-refractivity contribution in [2.24, 2.45) is 5.92 Å². The van der Waals surface area contributed by atoms with Crippen molar-refractivity contribution < 1.29 is 17.9 Å². The minimum absolute atomic E-state index is 0.0960. The van der Waals surface area contributed by atoms with E-state index in [-0.39, 0.29) is 21.6 Å². The molecule has 2 aromatic rings. The zero-order valence-electron chi connectivity index (χ0n) is 15.7. The Morgan fingerprint density at radius 1 is 1.04 bits per heavy atom. The van der Waals surface area contributed by atoms with Gasteiger partial charge in [-0.3, -0.25) is 4.79 Å². The van der Waals surface area contributed by atoms with Gasteiger partial charge in [-0.25, -0.2) is 8.42 Å². The van der Waals surface area contributed by atoms with E-state index in [0.717, 1.165) is 19.3 Å². The van der Waals surface area contributed by atoms with Crippen LogP contribution < -0.4 is 9.64 Å². The number of amides is 1. The van der Waals surface area contributed by atoms with Gasteiger partial charge in [0.05, 0.1) is 22.0 Å². The van der Waals surface area contributed by atoms with Crippen molar-refractivity contribution in [2.75, 3.05) is 18.1 Å². The maximum absolute atomic E-state index is 12.8. The molecule has 0 saturated heterocycles. The van der Waals surface area contributed by atoms with Crippen molar-refractivity contribution in [1.82, 2.24) is 0 Å². The molecule has 0 bridgehead atoms. The molecule has 1 amide bonds. The van der Waals surface area contributed by atoms with Crippen LogP contribution in [0.25, 0.3) is 0 Å². The molecule has 1 aliphatic carbocycles. The lowest BCUT2D eigenvalue weighted by Gasteiger charge is -2.35. The van der Waals surface area contributed by atoms with Crippen LogP contribution in [-0.2, 0) is 14.6 Å². The van der Waals surface area contributed by atoms with Gasteiger partial charge in [-0.2, -0.15) is 0 Å². The van der Waals surface area contributed by atoms with Crippen LogP contribution in [-0.4, -0.2) is 27.5 Å². The maximum Gasteiger partial charge on any atom is 0.230 e. The maximum atomic E-state index is 12.8. The quantitative estimate of drug-likeness (QED) is 0.796. The standard InChI is InChI=1S/C19H19NO4S.C2H6/c21-19(14-5-4-6-14)20-11-12-24-18-13-16(9-10-17(18)20)25(22,23)15-7-2-1-3-8-15;1-2/h1-3,7-10,13-14H,4-6,11-12H2;1-2H3. The van der Waals surface area contributed by atoms with Crippen LogP contribution in [0.15, 0.2) is 58.3 Å². The molecule has 0 atom stereocenters. The van der Waals surface area contributed by atoms with E-state index in [0.29, 0.717) is 24.6 Å². The molecule has 0 radical (unpaired) electrons. The molecule has 0 spiro atoms. The lowest BCUT2D eigenvalue weighted by Crippen LogP contribution is -2.43. The third-order valence-corrected chi connectivity index (χ3v) is 6.65. The lowest BCUT2D eigenvalue weighted by atomic mass is 9.84. The zero-order chi connectivity index (χ0) is 19.4. The Morgan fingerprint density at radius 3 is 2.37 bits per heavy atom. The predicted octanol–water partition coefficient (Wildman–Crippen LogP) is 4.07. The van der Waals surface area contributed by atoms with Crippen LogP contribution in [0.4, 0.5) is 5.69 Å². The van der Waals surface area contributed by atoms with Crippen molar-refractivity contribution in [3.8, 4) is 5.75 Å². The van der Waals surface area contributed by atoms with E-state index in [4.69, 9.17) is 4.74 Å². The summed E-state index contributed by atoms with van der Waals surface area (Å²) in [7, 11) is -3.60. The third kappa shape index (κ3) is 3.72. The molecule has 27 heavy (non-hydrogen) atoms. The number of fused-ring (bicyclic) bond motifs is 1. The number of carbonyl (C=O) groups excluding carboxylic acids is 1. The number of sulfone groups is 1. The number of anilines is 1. The van der Waals surface area contributed by atoms with E-state index in [1.807, 2.05) is 13.8 Å². The molecule has 4 rings (SSSR count). The average Bonchev–Trinajstić information content (AvgIpc) is 2.68. The smallest absolute Gasteiger partial charge is 0.230 e. The summed E-state index contributed by atoms with van der Waals surface area (Å²) >= 11 is 0. The molecular weight excluding hydrogens is 362 g/mol. The lowest BCUT2D eigenvalue weighted by molar-refractivity contribution is -0.125. The molecular formula is C21H25NO4S. The Kier molecular flexibility index (Phi) is 5.85. The second-order valence-electron chi connectivity index (χ2n) is 6.41. The van der Waals surface area contributed by atoms with Crippen molar-refractivity contribution in [3.05, 3.63) is 48.5 Å². The molecule has 144 valence electrons. The SMILES string of the molecule is CC.O=C(C1CCC1)N1CCOc2cc(S(=O)(=O)c3ccccc3)ccc21. The van der Waals surface area contributed by atoms with Crippen molar-refractivity contribution in [1.29, 1.82) is 0 Å². The highest BCUT2D eigenvalue weighted by atomic mass is 32.2. The van der Waals surface area contributed by atoms with Crippen LogP contribution in [0.3, 0.4) is 0 Å². The summed E-state index contributed by atoms with van der Waals surface area (Å²) in [5, 5.41) is 0. The normalized spacial score (nSPS) is 16.3. The number of ether oxygens (including phenoxy) is 1. The Labute approximate surface area is 160 Å². The fraction of sp³-hybridized carbons (Fsp3) is 0.381. The Bertz CT molecular complexity index is 905. The first-order valence-electron chi connectivity index (χ1n) is 9.46. The Balaban J connectivity index is 0.00000102. The first-order chi connectivity index (χ1) is 13.1. The molecule has 1 aliphatic heterocycles. The fourth-order valence-electron chi connectivity index (χ4n) is 3.21. The second kappa shape index (κ2) is 8.13. The highest BCUT2D eigenvalue weighted by molar-refractivity contribution is 7.91. The van der Waals surface area contributed by atoms with Crippen LogP contribution in [0.2, 0.25) is 0 Å². The molecule has 1 heterocycles. The van der Waals surface area contributed by atoms with Crippen LogP contribution in [0, 0.1) is 5.92 Å². The molecule has 5 nitrogen and oxygen atoms in total. The van der Waals surface area contributed by atoms with Gasteiger partial charge in [0.25, 0.3) is 0 Å². The van der Waals surface area contributed by atoms with Gasteiger partial charge in [-0.15, -0.1) is 0 Å². The summed E-state index contributed by atoms with van der Waals surface area (Å²) in [6, 6.07) is 13.1. The van der Waals surface area contributed by atoms with Gasteiger partial charge >= 0.3 is 0 Å². The molecule has 0 N–H and O–H groups in total. The topological polar surface area (TPSA) is 63.7 Å². The average molecular weight is 388 g/mol. The van der Waals surface area contributed by atoms with E-state index in [1.54, 1.807) is 47.4 Å². The van der Waals surface area contributed by atoms with Gasteiger partial charge in [0, 0.05) is 12.0 Å². The van der Waals surface area contributed by atoms with Gasteiger partial charge in [0.1, 0.15) is 12.4 Å². The third-order valence-electron chi connectivity index (χ3n) is 4.88. The first kappa shape index (κ1) is 19.4. The van der Waals surface area contributed by atoms with Crippen LogP contribution in [0.1, 0.15) is 33.1 Å². The summed E-state index contributed by atoms with van der Waals surface area (Å²) in [5.41, 5.74) is 0.662. The van der Waals surface area contributed by atoms with Crippen molar-refractivity contribution in [3.63, 3.8) is 0 Å². The van der Waals surface area contributed by atoms with Gasteiger partial charge in [-0.1, -0.05) is 38.5 Å². The summed E-state index contributed by atoms with van der Waals surface area (Å²) in [6.07, 6.45) is 2.97. The first-order valence-corrected chi connectivity index (χ1v) is 10.9. The van der Waals surface area contributed by atoms with Gasteiger partial charge in [-0.05, 0) is 37.1 Å².